The van der Waals surface area contributed by atoms with Crippen molar-refractivity contribution in [3.8, 4) is 5.75 Å². The standard InChI is InChI=1S/C28H41N3O6.C3H6O.3H2/c1-19(29-26(33)17-22-11-13-37-14-12-22)27(34)31-25(16-21-7-9-24(36-2)10-8-21)28(35)30-23(18-32)15-20-5-3-4-6-20;1-3-2-4-3;;;/h7-10,18-20,22-23,25H,3-6,11-17H2,1-2H3,(H,29,33)(H,30,35)(H,31,34);3H,2H2,1H3;3*1H/t19-,23+,25+;3-;;;/m11.../s1. The monoisotopic (exact) mass is 579 g/mol. The van der Waals surface area contributed by atoms with E-state index in [0.717, 1.165) is 57.0 Å². The number of rotatable bonds is 13. The van der Waals surface area contributed by atoms with Gasteiger partial charge in [-0.25, -0.2) is 0 Å². The normalized spacial score (nSPS) is 20.9. The molecule has 3 amide bonds. The van der Waals surface area contributed by atoms with E-state index >= 15 is 0 Å². The Bertz CT molecular complexity index is 986. The fourth-order valence-corrected chi connectivity index (χ4v) is 5.22. The summed E-state index contributed by atoms with van der Waals surface area (Å²) in [5, 5.41) is 8.38. The van der Waals surface area contributed by atoms with Crippen molar-refractivity contribution in [2.45, 2.75) is 95.9 Å². The zero-order chi connectivity index (χ0) is 29.6. The maximum atomic E-state index is 13.2. The second-order valence-corrected chi connectivity index (χ2v) is 11.4. The lowest BCUT2D eigenvalue weighted by atomic mass is 9.96. The zero-order valence-electron chi connectivity index (χ0n) is 24.7. The first-order valence-electron chi connectivity index (χ1n) is 14.9. The highest BCUT2D eigenvalue weighted by Crippen LogP contribution is 2.28. The number of ether oxygens (including phenoxy) is 3. The molecule has 10 nitrogen and oxygen atoms in total. The molecule has 0 unspecified atom stereocenters. The van der Waals surface area contributed by atoms with Gasteiger partial charge >= 0.3 is 0 Å². The first-order chi connectivity index (χ1) is 19.8. The topological polar surface area (TPSA) is 135 Å². The van der Waals surface area contributed by atoms with E-state index in [0.29, 0.717) is 43.8 Å². The van der Waals surface area contributed by atoms with Crippen molar-refractivity contribution in [3.63, 3.8) is 0 Å². The van der Waals surface area contributed by atoms with E-state index in [4.69, 9.17) is 14.2 Å². The summed E-state index contributed by atoms with van der Waals surface area (Å²) >= 11 is 0. The van der Waals surface area contributed by atoms with Crippen molar-refractivity contribution >= 4 is 24.0 Å². The number of aldehydes is 1. The van der Waals surface area contributed by atoms with E-state index in [9.17, 15) is 19.2 Å². The molecular weight excluding hydrogens is 526 g/mol. The molecule has 0 radical (unpaired) electrons. The maximum Gasteiger partial charge on any atom is 0.243 e. The highest BCUT2D eigenvalue weighted by Gasteiger charge is 2.28. The smallest absolute Gasteiger partial charge is 0.243 e. The fraction of sp³-hybridized carbons (Fsp3) is 0.677. The van der Waals surface area contributed by atoms with E-state index in [1.54, 1.807) is 26.2 Å². The van der Waals surface area contributed by atoms with Gasteiger partial charge in [0.05, 0.1) is 25.9 Å². The minimum atomic E-state index is -0.901. The van der Waals surface area contributed by atoms with Crippen LogP contribution in [0.3, 0.4) is 0 Å². The molecule has 3 fully saturated rings. The molecule has 3 aliphatic rings. The number of epoxide rings is 1. The number of benzene rings is 1. The molecule has 4 atom stereocenters. The number of carbonyl (C=O) groups is 4. The minimum absolute atomic E-state index is 0. The van der Waals surface area contributed by atoms with E-state index in [-0.39, 0.29) is 22.5 Å². The van der Waals surface area contributed by atoms with Gasteiger partial charge in [-0.2, -0.15) is 0 Å². The van der Waals surface area contributed by atoms with Crippen molar-refractivity contribution in [3.05, 3.63) is 29.8 Å². The van der Waals surface area contributed by atoms with Crippen LogP contribution in [0.5, 0.6) is 5.75 Å². The summed E-state index contributed by atoms with van der Waals surface area (Å²) in [6, 6.07) is 4.95. The minimum Gasteiger partial charge on any atom is -0.497 e. The Morgan fingerprint density at radius 3 is 2.20 bits per heavy atom. The Labute approximate surface area is 248 Å². The summed E-state index contributed by atoms with van der Waals surface area (Å²) in [7, 11) is 1.58. The van der Waals surface area contributed by atoms with Crippen LogP contribution in [0.4, 0.5) is 0 Å². The Kier molecular flexibility index (Phi) is 13.6. The molecule has 1 aliphatic carbocycles. The van der Waals surface area contributed by atoms with Crippen LogP contribution >= 0.6 is 0 Å². The van der Waals surface area contributed by atoms with Crippen LogP contribution in [0.15, 0.2) is 24.3 Å². The second kappa shape index (κ2) is 17.1. The number of carbonyl (C=O) groups excluding carboxylic acids is 4. The largest absolute Gasteiger partial charge is 0.497 e. The molecule has 0 bridgehead atoms. The highest BCUT2D eigenvalue weighted by atomic mass is 16.6. The molecule has 0 spiro atoms. The Balaban J connectivity index is 0.00000244. The lowest BCUT2D eigenvalue weighted by Crippen LogP contribution is -2.55. The first-order valence-corrected chi connectivity index (χ1v) is 14.9. The van der Waals surface area contributed by atoms with Crippen molar-refractivity contribution < 1.29 is 37.7 Å². The molecule has 4 rings (SSSR count). The zero-order valence-corrected chi connectivity index (χ0v) is 24.7. The van der Waals surface area contributed by atoms with Gasteiger partial charge in [-0.15, -0.1) is 0 Å². The number of nitrogens with one attached hydrogen (secondary N) is 3. The van der Waals surface area contributed by atoms with Crippen LogP contribution in [0.2, 0.25) is 0 Å². The van der Waals surface area contributed by atoms with Crippen LogP contribution < -0.4 is 20.7 Å². The molecular formula is C31H53N3O7. The molecule has 2 saturated heterocycles. The Morgan fingerprint density at radius 2 is 1.63 bits per heavy atom. The van der Waals surface area contributed by atoms with E-state index in [2.05, 4.69) is 22.9 Å². The molecule has 2 aliphatic heterocycles. The molecule has 1 aromatic rings. The van der Waals surface area contributed by atoms with Crippen LogP contribution in [0, 0.1) is 11.8 Å². The quantitative estimate of drug-likeness (QED) is 0.241. The van der Waals surface area contributed by atoms with Crippen molar-refractivity contribution in [2.75, 3.05) is 26.9 Å². The van der Waals surface area contributed by atoms with Gasteiger partial charge in [0.1, 0.15) is 24.1 Å². The predicted molar refractivity (Wildman–Crippen MR) is 161 cm³/mol. The lowest BCUT2D eigenvalue weighted by Gasteiger charge is -2.25. The third kappa shape index (κ3) is 12.2. The van der Waals surface area contributed by atoms with Gasteiger partial charge in [-0.05, 0) is 62.6 Å². The number of methoxy groups -OCH3 is 1. The number of hydrogen-bond acceptors (Lipinski definition) is 7. The van der Waals surface area contributed by atoms with E-state index in [1.807, 2.05) is 12.1 Å². The third-order valence-corrected chi connectivity index (χ3v) is 7.87. The average Bonchev–Trinajstić information content (AvgIpc) is 3.58. The summed E-state index contributed by atoms with van der Waals surface area (Å²) < 4.78 is 15.3. The molecule has 41 heavy (non-hydrogen) atoms. The fourth-order valence-electron chi connectivity index (χ4n) is 5.22. The lowest BCUT2D eigenvalue weighted by molar-refractivity contribution is -0.132. The summed E-state index contributed by atoms with van der Waals surface area (Å²) in [4.78, 5) is 50.5. The summed E-state index contributed by atoms with van der Waals surface area (Å²) in [5.74, 6) is 0.303. The molecule has 3 N–H and O–H groups in total. The third-order valence-electron chi connectivity index (χ3n) is 7.87. The van der Waals surface area contributed by atoms with Crippen LogP contribution in [-0.4, -0.2) is 75.2 Å². The second-order valence-electron chi connectivity index (χ2n) is 11.4. The van der Waals surface area contributed by atoms with Crippen molar-refractivity contribution in [2.24, 2.45) is 11.8 Å². The van der Waals surface area contributed by atoms with Crippen LogP contribution in [-0.2, 0) is 35.1 Å². The van der Waals surface area contributed by atoms with Gasteiger partial charge in [-0.1, -0.05) is 37.8 Å². The summed E-state index contributed by atoms with van der Waals surface area (Å²) in [5.41, 5.74) is 0.830. The molecule has 10 heteroatoms. The first kappa shape index (κ1) is 32.5. The molecule has 0 aromatic heterocycles. The Morgan fingerprint density at radius 1 is 1.00 bits per heavy atom. The molecule has 2 heterocycles. The van der Waals surface area contributed by atoms with E-state index < -0.39 is 29.9 Å². The van der Waals surface area contributed by atoms with E-state index in [1.165, 1.54) is 0 Å². The maximum absolute atomic E-state index is 13.2. The number of hydrogen-bond donors (Lipinski definition) is 3. The SMILES string of the molecule is COc1ccc(C[C@H](NC(=O)[C@@H](C)NC(=O)CC2CCOCC2)C(=O)N[C@H](C=O)CC2CCCC2)cc1.C[C@@H]1CO1.[HH].[HH].[HH]. The van der Waals surface area contributed by atoms with Gasteiger partial charge < -0.3 is 35.0 Å². The van der Waals surface area contributed by atoms with Gasteiger partial charge in [-0.3, -0.25) is 14.4 Å². The molecule has 1 saturated carbocycles. The number of amides is 3. The van der Waals surface area contributed by atoms with Gasteiger partial charge in [0.2, 0.25) is 17.7 Å². The van der Waals surface area contributed by atoms with Gasteiger partial charge in [0.15, 0.2) is 0 Å². The summed E-state index contributed by atoms with van der Waals surface area (Å²) in [6.45, 7) is 5.95. The molecule has 1 aromatic carbocycles. The van der Waals surface area contributed by atoms with Crippen LogP contribution in [0.1, 0.15) is 75.1 Å². The van der Waals surface area contributed by atoms with Gasteiger partial charge in [0.25, 0.3) is 0 Å². The highest BCUT2D eigenvalue weighted by molar-refractivity contribution is 5.92. The molecule has 234 valence electrons. The van der Waals surface area contributed by atoms with Crippen molar-refractivity contribution in [1.29, 1.82) is 0 Å². The Hall–Kier alpha value is -2.98. The predicted octanol–water partition coefficient (Wildman–Crippen LogP) is 3.45. The average molecular weight is 580 g/mol. The summed E-state index contributed by atoms with van der Waals surface area (Å²) in [6.07, 6.45) is 8.65. The van der Waals surface area contributed by atoms with Crippen molar-refractivity contribution in [1.82, 2.24) is 16.0 Å². The van der Waals surface area contributed by atoms with Gasteiger partial charge in [0, 0.05) is 30.3 Å². The van der Waals surface area contributed by atoms with Crippen LogP contribution in [0.25, 0.3) is 0 Å².